The van der Waals surface area contributed by atoms with Crippen molar-refractivity contribution >= 4 is 0 Å². The van der Waals surface area contributed by atoms with Crippen LogP contribution in [0.25, 0.3) is 0 Å². The highest BCUT2D eigenvalue weighted by Crippen LogP contribution is 2.36. The second-order valence-electron chi connectivity index (χ2n) is 6.94. The standard InChI is InChI=1S/C19H31NO/c1-5-15-7-8-16(12-20)18(11-15)21-19-10-14(4)6-9-17(19)13(2)3/h6,9-10,13,15-16,18H,5,7-8,11-12,20H2,1-4H3. The van der Waals surface area contributed by atoms with E-state index < -0.39 is 0 Å². The Kier molecular flexibility index (Phi) is 5.69. The summed E-state index contributed by atoms with van der Waals surface area (Å²) in [6.07, 6.45) is 5.21. The van der Waals surface area contributed by atoms with Gasteiger partial charge in [0.15, 0.2) is 0 Å². The lowest BCUT2D eigenvalue weighted by Crippen LogP contribution is -2.38. The number of benzene rings is 1. The highest BCUT2D eigenvalue weighted by atomic mass is 16.5. The summed E-state index contributed by atoms with van der Waals surface area (Å²) in [4.78, 5) is 0. The highest BCUT2D eigenvalue weighted by molar-refractivity contribution is 5.39. The summed E-state index contributed by atoms with van der Waals surface area (Å²) < 4.78 is 6.48. The lowest BCUT2D eigenvalue weighted by Gasteiger charge is -2.36. The third-order valence-corrected chi connectivity index (χ3v) is 4.99. The molecule has 2 N–H and O–H groups in total. The van der Waals surface area contributed by atoms with Crippen LogP contribution in [0.5, 0.6) is 5.75 Å². The summed E-state index contributed by atoms with van der Waals surface area (Å²) in [6.45, 7) is 9.62. The number of ether oxygens (including phenoxy) is 1. The van der Waals surface area contributed by atoms with E-state index in [4.69, 9.17) is 10.5 Å². The van der Waals surface area contributed by atoms with E-state index in [1.54, 1.807) is 0 Å². The van der Waals surface area contributed by atoms with Crippen molar-refractivity contribution in [3.05, 3.63) is 29.3 Å². The third kappa shape index (κ3) is 4.00. The molecule has 0 heterocycles. The summed E-state index contributed by atoms with van der Waals surface area (Å²) in [5.74, 6) is 2.87. The molecule has 1 fully saturated rings. The van der Waals surface area contributed by atoms with Crippen molar-refractivity contribution in [3.8, 4) is 5.75 Å². The quantitative estimate of drug-likeness (QED) is 0.856. The van der Waals surface area contributed by atoms with E-state index in [1.165, 1.54) is 30.4 Å². The van der Waals surface area contributed by atoms with Crippen LogP contribution in [0.2, 0.25) is 0 Å². The lowest BCUT2D eigenvalue weighted by molar-refractivity contribution is 0.0674. The zero-order valence-corrected chi connectivity index (χ0v) is 14.1. The molecule has 2 nitrogen and oxygen atoms in total. The Morgan fingerprint density at radius 1 is 1.29 bits per heavy atom. The summed E-state index contributed by atoms with van der Waals surface area (Å²) in [6, 6.07) is 6.59. The number of nitrogens with two attached hydrogens (primary N) is 1. The van der Waals surface area contributed by atoms with Crippen molar-refractivity contribution < 1.29 is 4.74 Å². The largest absolute Gasteiger partial charge is 0.490 e. The van der Waals surface area contributed by atoms with Gasteiger partial charge in [0.25, 0.3) is 0 Å². The van der Waals surface area contributed by atoms with Crippen LogP contribution in [0.1, 0.15) is 63.5 Å². The van der Waals surface area contributed by atoms with Gasteiger partial charge in [-0.2, -0.15) is 0 Å². The number of aryl methyl sites for hydroxylation is 1. The summed E-state index contributed by atoms with van der Waals surface area (Å²) >= 11 is 0. The fraction of sp³-hybridized carbons (Fsp3) is 0.684. The van der Waals surface area contributed by atoms with Crippen molar-refractivity contribution in [2.45, 2.75) is 65.4 Å². The van der Waals surface area contributed by atoms with Crippen molar-refractivity contribution in [2.75, 3.05) is 6.54 Å². The minimum Gasteiger partial charge on any atom is -0.490 e. The van der Waals surface area contributed by atoms with Crippen molar-refractivity contribution in [3.63, 3.8) is 0 Å². The zero-order chi connectivity index (χ0) is 15.4. The van der Waals surface area contributed by atoms with Crippen LogP contribution in [0.4, 0.5) is 0 Å². The van der Waals surface area contributed by atoms with Gasteiger partial charge in [-0.1, -0.05) is 39.3 Å². The molecule has 0 aromatic heterocycles. The minimum absolute atomic E-state index is 0.285. The number of rotatable bonds is 5. The van der Waals surface area contributed by atoms with Crippen molar-refractivity contribution in [1.29, 1.82) is 0 Å². The Hall–Kier alpha value is -1.02. The molecule has 1 aliphatic carbocycles. The first-order chi connectivity index (χ1) is 10.0. The maximum Gasteiger partial charge on any atom is 0.123 e. The maximum atomic E-state index is 6.48. The van der Waals surface area contributed by atoms with E-state index in [1.807, 2.05) is 0 Å². The number of hydrogen-bond donors (Lipinski definition) is 1. The minimum atomic E-state index is 0.285. The molecule has 118 valence electrons. The average Bonchev–Trinajstić information content (AvgIpc) is 2.47. The van der Waals surface area contributed by atoms with Gasteiger partial charge in [0.05, 0.1) is 0 Å². The second-order valence-corrected chi connectivity index (χ2v) is 6.94. The fourth-order valence-electron chi connectivity index (χ4n) is 3.44. The smallest absolute Gasteiger partial charge is 0.123 e. The van der Waals surface area contributed by atoms with Gasteiger partial charge in [-0.15, -0.1) is 0 Å². The fourth-order valence-corrected chi connectivity index (χ4v) is 3.44. The van der Waals surface area contributed by atoms with E-state index in [0.717, 1.165) is 24.6 Å². The molecule has 1 saturated carbocycles. The summed E-state index contributed by atoms with van der Waals surface area (Å²) in [5, 5.41) is 0. The second kappa shape index (κ2) is 7.31. The van der Waals surface area contributed by atoms with Crippen LogP contribution in [-0.2, 0) is 0 Å². The third-order valence-electron chi connectivity index (χ3n) is 4.99. The van der Waals surface area contributed by atoms with Gasteiger partial charge in [0.2, 0.25) is 0 Å². The average molecular weight is 289 g/mol. The molecule has 0 saturated heterocycles. The van der Waals surface area contributed by atoms with Crippen LogP contribution in [0, 0.1) is 18.8 Å². The van der Waals surface area contributed by atoms with Gasteiger partial charge in [0, 0.05) is 5.92 Å². The molecule has 0 aliphatic heterocycles. The van der Waals surface area contributed by atoms with Gasteiger partial charge in [-0.3, -0.25) is 0 Å². The summed E-state index contributed by atoms with van der Waals surface area (Å²) in [7, 11) is 0. The van der Waals surface area contributed by atoms with Crippen LogP contribution in [0.3, 0.4) is 0 Å². The SMILES string of the molecule is CCC1CCC(CN)C(Oc2cc(C)ccc2C(C)C)C1. The molecule has 0 amide bonds. The predicted molar refractivity (Wildman–Crippen MR) is 89.9 cm³/mol. The molecular formula is C19H31NO. The molecule has 1 aromatic carbocycles. The van der Waals surface area contributed by atoms with E-state index in [9.17, 15) is 0 Å². The van der Waals surface area contributed by atoms with Crippen LogP contribution >= 0.6 is 0 Å². The van der Waals surface area contributed by atoms with Gasteiger partial charge in [0.1, 0.15) is 11.9 Å². The van der Waals surface area contributed by atoms with Gasteiger partial charge < -0.3 is 10.5 Å². The van der Waals surface area contributed by atoms with Crippen LogP contribution in [-0.4, -0.2) is 12.6 Å². The molecule has 3 atom stereocenters. The molecule has 2 rings (SSSR count). The van der Waals surface area contributed by atoms with Gasteiger partial charge in [-0.25, -0.2) is 0 Å². The molecule has 21 heavy (non-hydrogen) atoms. The van der Waals surface area contributed by atoms with Crippen molar-refractivity contribution in [2.24, 2.45) is 17.6 Å². The predicted octanol–water partition coefficient (Wildman–Crippen LogP) is 4.65. The molecule has 3 unspecified atom stereocenters. The molecule has 0 spiro atoms. The zero-order valence-electron chi connectivity index (χ0n) is 14.1. The van der Waals surface area contributed by atoms with Crippen molar-refractivity contribution in [1.82, 2.24) is 0 Å². The Morgan fingerprint density at radius 3 is 2.67 bits per heavy atom. The Morgan fingerprint density at radius 2 is 2.05 bits per heavy atom. The van der Waals surface area contributed by atoms with Gasteiger partial charge in [-0.05, 0) is 61.8 Å². The van der Waals surface area contributed by atoms with E-state index in [0.29, 0.717) is 11.8 Å². The molecular weight excluding hydrogens is 258 g/mol. The molecule has 1 aliphatic rings. The monoisotopic (exact) mass is 289 g/mol. The number of hydrogen-bond acceptors (Lipinski definition) is 2. The Labute approximate surface area is 130 Å². The molecule has 0 radical (unpaired) electrons. The van der Waals surface area contributed by atoms with E-state index in [2.05, 4.69) is 45.9 Å². The summed E-state index contributed by atoms with van der Waals surface area (Å²) in [5.41, 5.74) is 8.56. The topological polar surface area (TPSA) is 35.2 Å². The van der Waals surface area contributed by atoms with Crippen LogP contribution < -0.4 is 10.5 Å². The first-order valence-corrected chi connectivity index (χ1v) is 8.52. The normalized spacial score (nSPS) is 26.1. The first kappa shape index (κ1) is 16.4. The van der Waals surface area contributed by atoms with Crippen LogP contribution in [0.15, 0.2) is 18.2 Å². The highest BCUT2D eigenvalue weighted by Gasteiger charge is 2.31. The molecule has 1 aromatic rings. The Balaban J connectivity index is 2.20. The van der Waals surface area contributed by atoms with Gasteiger partial charge >= 0.3 is 0 Å². The van der Waals surface area contributed by atoms with E-state index >= 15 is 0 Å². The first-order valence-electron chi connectivity index (χ1n) is 8.52. The molecule has 0 bridgehead atoms. The lowest BCUT2D eigenvalue weighted by atomic mass is 9.78. The maximum absolute atomic E-state index is 6.48. The Bertz CT molecular complexity index is 455. The van der Waals surface area contributed by atoms with E-state index in [-0.39, 0.29) is 6.10 Å². The molecule has 2 heteroatoms.